The summed E-state index contributed by atoms with van der Waals surface area (Å²) in [5, 5.41) is 20.7. The molecule has 2 unspecified atom stereocenters. The number of nitrogens with zero attached hydrogens (tertiary/aromatic N) is 6. The lowest BCUT2D eigenvalue weighted by Gasteiger charge is -2.25. The zero-order chi connectivity index (χ0) is 32.2. The minimum absolute atomic E-state index is 0.0601. The van der Waals surface area contributed by atoms with Gasteiger partial charge in [-0.2, -0.15) is 4.98 Å². The Labute approximate surface area is 251 Å². The normalized spacial score (nSPS) is 30.3. The van der Waals surface area contributed by atoms with Crippen LogP contribution < -0.4 is 22.8 Å². The molecule has 11 N–H and O–H groups in total. The van der Waals surface area contributed by atoms with Gasteiger partial charge in [-0.05, 0) is 6.07 Å². The second-order valence-electron chi connectivity index (χ2n) is 10.0. The van der Waals surface area contributed by atoms with Gasteiger partial charge in [-0.1, -0.05) is 0 Å². The number of fused-ring (bicyclic) bond motifs is 2. The first-order chi connectivity index (χ1) is 21.4. The third kappa shape index (κ3) is 5.83. The van der Waals surface area contributed by atoms with E-state index in [0.29, 0.717) is 11.2 Å². The number of phosphoric acid groups is 1. The van der Waals surface area contributed by atoms with Crippen molar-refractivity contribution in [3.8, 4) is 0 Å². The summed E-state index contributed by atoms with van der Waals surface area (Å²) >= 11 is 0. The molecule has 0 saturated carbocycles. The van der Waals surface area contributed by atoms with Crippen LogP contribution in [0.1, 0.15) is 12.5 Å². The lowest BCUT2D eigenvalue weighted by atomic mass is 10.1. The van der Waals surface area contributed by atoms with Crippen LogP contribution in [0.3, 0.4) is 0 Å². The predicted octanol–water partition coefficient (Wildman–Crippen LogP) is -2.26. The standard InChI is InChI=1S/C21H26N10O12P2/c22-7-1-2-25-16-11(7)26-5-30(16)19-13(33)14(42-44(35)36)9(41-19)4-39-45(37,38)43-15-10(23)8(3-32)40-20(15)31-6-27-12-17(31)28-21(24)29-18(12)34/h1-2,5-6,8-10,13-15,19-20,32-33H,3-4,23H2,(H6-,22,24,25,28,29,34,35,36,37,38)/p+1/t8-,9-,10-,13-,14-,15-,19-,20-/m1/s1. The number of aliphatic hydroxyl groups excluding tert-OH is 2. The highest BCUT2D eigenvalue weighted by Gasteiger charge is 2.52. The molecular weight excluding hydrogens is 646 g/mol. The smallest absolute Gasteiger partial charge is 0.397 e. The molecule has 2 fully saturated rings. The van der Waals surface area contributed by atoms with E-state index in [1.165, 1.54) is 27.7 Å². The predicted molar refractivity (Wildman–Crippen MR) is 149 cm³/mol. The number of pyridine rings is 1. The Kier molecular flexibility index (Phi) is 8.41. The molecule has 2 saturated heterocycles. The number of hydrogen-bond donors (Lipinski definition) is 8. The van der Waals surface area contributed by atoms with E-state index in [1.807, 2.05) is 0 Å². The highest BCUT2D eigenvalue weighted by Crippen LogP contribution is 2.50. The first kappa shape index (κ1) is 31.5. The van der Waals surface area contributed by atoms with Crippen molar-refractivity contribution in [2.24, 2.45) is 5.73 Å². The monoisotopic (exact) mass is 673 g/mol. The van der Waals surface area contributed by atoms with Crippen LogP contribution in [-0.2, 0) is 32.2 Å². The van der Waals surface area contributed by atoms with Crippen LogP contribution in [0.25, 0.3) is 22.3 Å². The summed E-state index contributed by atoms with van der Waals surface area (Å²) in [5.41, 5.74) is 17.7. The number of anilines is 2. The zero-order valence-corrected chi connectivity index (χ0v) is 24.5. The zero-order valence-electron chi connectivity index (χ0n) is 22.7. The van der Waals surface area contributed by atoms with Gasteiger partial charge in [0, 0.05) is 10.8 Å². The fourth-order valence-electron chi connectivity index (χ4n) is 5.20. The minimum atomic E-state index is -5.08. The average Bonchev–Trinajstić information content (AvgIpc) is 3.73. The molecule has 0 aromatic carbocycles. The number of imidazole rings is 2. The summed E-state index contributed by atoms with van der Waals surface area (Å²) < 4.78 is 54.3. The SMILES string of the molecule is Nc1nc2c(ncn2[C@@H]2O[C@H](CO)[C@@H](N)[C@H]2OP(=O)(O)OC[C@H]2O[C@@H](n3cnc4c(N)ccnc43)[C@H](O)[C@@H]2O[P+](=O)O)c(=O)[nH]1. The molecule has 6 rings (SSSR count). The minimum Gasteiger partial charge on any atom is -0.397 e. The largest absolute Gasteiger partial charge is 0.695 e. The van der Waals surface area contributed by atoms with Gasteiger partial charge in [-0.3, -0.25) is 28.0 Å². The van der Waals surface area contributed by atoms with Gasteiger partial charge in [0.1, 0.15) is 29.9 Å². The van der Waals surface area contributed by atoms with Crippen LogP contribution in [0.2, 0.25) is 0 Å². The van der Waals surface area contributed by atoms with E-state index >= 15 is 0 Å². The van der Waals surface area contributed by atoms with Crippen LogP contribution in [0.4, 0.5) is 11.6 Å². The number of phosphoric ester groups is 1. The molecule has 2 aliphatic rings. The summed E-state index contributed by atoms with van der Waals surface area (Å²) in [6, 6.07) is 0.317. The van der Waals surface area contributed by atoms with E-state index in [9.17, 15) is 33.9 Å². The molecule has 4 aromatic heterocycles. The molecule has 22 nitrogen and oxygen atoms in total. The molecule has 242 valence electrons. The van der Waals surface area contributed by atoms with Crippen molar-refractivity contribution in [3.05, 3.63) is 35.3 Å². The van der Waals surface area contributed by atoms with Crippen molar-refractivity contribution >= 4 is 50.0 Å². The summed E-state index contributed by atoms with van der Waals surface area (Å²) in [6.45, 7) is -1.40. The van der Waals surface area contributed by atoms with E-state index in [0.717, 1.165) is 6.33 Å². The number of nitrogen functional groups attached to an aromatic ring is 2. The highest BCUT2D eigenvalue weighted by atomic mass is 31.2. The number of aromatic nitrogens is 7. The van der Waals surface area contributed by atoms with Gasteiger partial charge in [0.05, 0.1) is 37.6 Å². The van der Waals surface area contributed by atoms with Crippen LogP contribution in [0, 0.1) is 0 Å². The Bertz CT molecular complexity index is 1850. The second-order valence-corrected chi connectivity index (χ2v) is 12.1. The Morgan fingerprint density at radius 1 is 1.07 bits per heavy atom. The molecule has 10 atom stereocenters. The second kappa shape index (κ2) is 12.0. The number of nitrogens with two attached hydrogens (primary N) is 3. The van der Waals surface area contributed by atoms with Gasteiger partial charge >= 0.3 is 16.1 Å². The van der Waals surface area contributed by atoms with Crippen molar-refractivity contribution in [1.82, 2.24) is 34.1 Å². The lowest BCUT2D eigenvalue weighted by molar-refractivity contribution is -0.0608. The highest BCUT2D eigenvalue weighted by molar-refractivity contribution is 7.47. The molecule has 6 heterocycles. The first-order valence-corrected chi connectivity index (χ1v) is 15.6. The molecule has 0 aliphatic carbocycles. The number of H-pyrrole nitrogens is 1. The van der Waals surface area contributed by atoms with E-state index < -0.39 is 83.9 Å². The molecule has 0 bridgehead atoms. The van der Waals surface area contributed by atoms with Crippen LogP contribution >= 0.6 is 16.1 Å². The molecular formula is C21H27N10O12P2+. The van der Waals surface area contributed by atoms with E-state index in [2.05, 4.69) is 24.9 Å². The van der Waals surface area contributed by atoms with Gasteiger partial charge in [0.2, 0.25) is 5.95 Å². The fraction of sp³-hybridized carbons (Fsp3) is 0.476. The van der Waals surface area contributed by atoms with E-state index in [4.69, 9.17) is 40.2 Å². The van der Waals surface area contributed by atoms with Crippen molar-refractivity contribution in [1.29, 1.82) is 0 Å². The molecule has 0 radical (unpaired) electrons. The number of ether oxygens (including phenoxy) is 2. The summed E-state index contributed by atoms with van der Waals surface area (Å²) in [6.07, 6.45) is -5.90. The molecule has 0 spiro atoms. The maximum atomic E-state index is 13.2. The van der Waals surface area contributed by atoms with Crippen LogP contribution in [0.5, 0.6) is 0 Å². The quantitative estimate of drug-likeness (QED) is 0.0823. The van der Waals surface area contributed by atoms with Gasteiger partial charge in [0.25, 0.3) is 5.56 Å². The lowest BCUT2D eigenvalue weighted by Crippen LogP contribution is -2.42. The molecule has 45 heavy (non-hydrogen) atoms. The van der Waals surface area contributed by atoms with Crippen molar-refractivity contribution in [3.63, 3.8) is 0 Å². The van der Waals surface area contributed by atoms with E-state index in [-0.39, 0.29) is 22.8 Å². The summed E-state index contributed by atoms with van der Waals surface area (Å²) in [5.74, 6) is -0.245. The van der Waals surface area contributed by atoms with Crippen molar-refractivity contribution < 1.29 is 52.2 Å². The molecule has 4 aromatic rings. The fourth-order valence-corrected chi connectivity index (χ4v) is 6.62. The molecule has 24 heteroatoms. The summed E-state index contributed by atoms with van der Waals surface area (Å²) in [4.78, 5) is 51.0. The number of rotatable bonds is 10. The summed E-state index contributed by atoms with van der Waals surface area (Å²) in [7, 11) is -8.35. The molecule has 0 amide bonds. The first-order valence-electron chi connectivity index (χ1n) is 13.0. The molecule has 2 aliphatic heterocycles. The number of aromatic amines is 1. The van der Waals surface area contributed by atoms with Crippen molar-refractivity contribution in [2.45, 2.75) is 49.0 Å². The maximum absolute atomic E-state index is 13.2. The Hall–Kier alpha value is -3.50. The third-order valence-electron chi connectivity index (χ3n) is 7.25. The number of nitrogens with one attached hydrogen (secondary N) is 1. The van der Waals surface area contributed by atoms with Gasteiger partial charge < -0.3 is 41.8 Å². The van der Waals surface area contributed by atoms with Gasteiger partial charge in [-0.25, -0.2) is 19.5 Å². The van der Waals surface area contributed by atoms with Gasteiger partial charge in [0.15, 0.2) is 35.4 Å². The topological polar surface area (TPSA) is 334 Å². The average molecular weight is 673 g/mol. The third-order valence-corrected chi connectivity index (χ3v) is 8.66. The van der Waals surface area contributed by atoms with E-state index in [1.54, 1.807) is 0 Å². The Morgan fingerprint density at radius 3 is 2.47 bits per heavy atom. The van der Waals surface area contributed by atoms with Gasteiger partial charge in [-0.15, -0.1) is 9.42 Å². The van der Waals surface area contributed by atoms with Crippen LogP contribution in [-0.4, -0.2) is 104 Å². The Morgan fingerprint density at radius 2 is 1.76 bits per heavy atom. The van der Waals surface area contributed by atoms with Crippen LogP contribution in [0.15, 0.2) is 29.7 Å². The maximum Gasteiger partial charge on any atom is 0.695 e. The Balaban J connectivity index is 1.22. The number of aliphatic hydroxyl groups is 2. The number of hydrogen-bond acceptors (Lipinski definition) is 17. The van der Waals surface area contributed by atoms with Crippen molar-refractivity contribution in [2.75, 3.05) is 24.7 Å².